The van der Waals surface area contributed by atoms with Crippen molar-refractivity contribution in [2.75, 3.05) is 0 Å². The minimum absolute atomic E-state index is 0.521. The van der Waals surface area contributed by atoms with E-state index >= 15 is 0 Å². The molecule has 0 fully saturated rings. The fourth-order valence-corrected chi connectivity index (χ4v) is 3.49. The summed E-state index contributed by atoms with van der Waals surface area (Å²) in [4.78, 5) is 0. The van der Waals surface area contributed by atoms with E-state index in [1.54, 1.807) is 11.1 Å². The molecule has 1 aromatic rings. The Bertz CT molecular complexity index is 505. The second-order valence-corrected chi connectivity index (χ2v) is 5.79. The Balaban J connectivity index is 2.61. The van der Waals surface area contributed by atoms with Crippen molar-refractivity contribution in [1.82, 2.24) is 0 Å². The summed E-state index contributed by atoms with van der Waals surface area (Å²) in [6.45, 7) is 11.5. The Hall–Kier alpha value is -1.30. The lowest BCUT2D eigenvalue weighted by Gasteiger charge is -2.35. The zero-order chi connectivity index (χ0) is 14.0. The zero-order valence-electron chi connectivity index (χ0n) is 12.9. The number of hydrogen-bond donors (Lipinski definition) is 0. The Morgan fingerprint density at radius 2 is 1.68 bits per heavy atom. The number of hydrogen-bond acceptors (Lipinski definition) is 0. The van der Waals surface area contributed by atoms with Gasteiger partial charge in [-0.15, -0.1) is 0 Å². The van der Waals surface area contributed by atoms with Gasteiger partial charge in [0.15, 0.2) is 0 Å². The molecule has 1 aromatic carbocycles. The molecule has 0 aromatic heterocycles. The van der Waals surface area contributed by atoms with E-state index in [0.717, 1.165) is 0 Å². The molecule has 0 amide bonds. The Morgan fingerprint density at radius 1 is 1.11 bits per heavy atom. The summed E-state index contributed by atoms with van der Waals surface area (Å²) in [6, 6.07) is 8.96. The lowest BCUT2D eigenvalue weighted by Crippen LogP contribution is -2.19. The smallest absolute Gasteiger partial charge is 0.00637 e. The topological polar surface area (TPSA) is 0 Å². The number of fused-ring (bicyclic) bond motifs is 1. The normalized spacial score (nSPS) is 24.7. The number of benzene rings is 1. The molecule has 0 nitrogen and oxygen atoms in total. The van der Waals surface area contributed by atoms with E-state index in [1.165, 1.54) is 17.5 Å². The summed E-state index contributed by atoms with van der Waals surface area (Å²) >= 11 is 0. The van der Waals surface area contributed by atoms with Gasteiger partial charge in [-0.2, -0.15) is 0 Å². The molecule has 0 N–H and O–H groups in total. The second-order valence-electron chi connectivity index (χ2n) is 5.79. The van der Waals surface area contributed by atoms with Crippen LogP contribution in [-0.4, -0.2) is 0 Å². The van der Waals surface area contributed by atoms with Crippen LogP contribution in [0, 0.1) is 5.92 Å². The monoisotopic (exact) mass is 254 g/mol. The van der Waals surface area contributed by atoms with Gasteiger partial charge in [0.05, 0.1) is 0 Å². The van der Waals surface area contributed by atoms with Gasteiger partial charge in [-0.05, 0) is 36.0 Å². The lowest BCUT2D eigenvalue weighted by molar-refractivity contribution is 0.575. The van der Waals surface area contributed by atoms with Crippen molar-refractivity contribution < 1.29 is 0 Å². The van der Waals surface area contributed by atoms with Gasteiger partial charge in [-0.25, -0.2) is 0 Å². The minimum atomic E-state index is 0.521. The van der Waals surface area contributed by atoms with Crippen LogP contribution in [0.2, 0.25) is 0 Å². The van der Waals surface area contributed by atoms with Gasteiger partial charge in [-0.1, -0.05) is 69.7 Å². The number of allylic oxidation sites excluding steroid dienone is 4. The summed E-state index contributed by atoms with van der Waals surface area (Å²) < 4.78 is 0. The predicted octanol–water partition coefficient (Wildman–Crippen LogP) is 5.83. The molecular weight excluding hydrogens is 228 g/mol. The molecule has 102 valence electrons. The molecular formula is C19H26. The molecule has 0 spiro atoms. The molecule has 0 radical (unpaired) electrons. The molecule has 1 aliphatic carbocycles. The van der Waals surface area contributed by atoms with Gasteiger partial charge in [0.2, 0.25) is 0 Å². The van der Waals surface area contributed by atoms with Gasteiger partial charge in [0.25, 0.3) is 0 Å². The van der Waals surface area contributed by atoms with Crippen LogP contribution < -0.4 is 0 Å². The minimum Gasteiger partial charge on any atom is -0.0874 e. The fraction of sp³-hybridized carbons (Fsp3) is 0.474. The van der Waals surface area contributed by atoms with Crippen molar-refractivity contribution in [3.05, 3.63) is 58.7 Å². The fourth-order valence-electron chi connectivity index (χ4n) is 3.49. The van der Waals surface area contributed by atoms with Crippen molar-refractivity contribution >= 4 is 0 Å². The molecule has 0 bridgehead atoms. The van der Waals surface area contributed by atoms with Crippen LogP contribution in [0.1, 0.15) is 64.0 Å². The highest BCUT2D eigenvalue weighted by molar-refractivity contribution is 5.51. The van der Waals surface area contributed by atoms with Crippen LogP contribution in [0.3, 0.4) is 0 Å². The second kappa shape index (κ2) is 5.77. The van der Waals surface area contributed by atoms with E-state index in [4.69, 9.17) is 0 Å². The maximum atomic E-state index is 2.37. The van der Waals surface area contributed by atoms with Crippen molar-refractivity contribution in [3.63, 3.8) is 0 Å². The Morgan fingerprint density at radius 3 is 2.21 bits per heavy atom. The average Bonchev–Trinajstić information content (AvgIpc) is 2.44. The largest absolute Gasteiger partial charge is 0.0874 e. The molecule has 0 heterocycles. The van der Waals surface area contributed by atoms with Crippen molar-refractivity contribution in [3.8, 4) is 0 Å². The molecule has 1 aliphatic rings. The summed E-state index contributed by atoms with van der Waals surface area (Å²) in [7, 11) is 0. The van der Waals surface area contributed by atoms with E-state index in [2.05, 4.69) is 71.0 Å². The van der Waals surface area contributed by atoms with Gasteiger partial charge in [-0.3, -0.25) is 0 Å². The summed E-state index contributed by atoms with van der Waals surface area (Å²) in [5.41, 5.74) is 6.23. The number of rotatable bonds is 3. The Labute approximate surface area is 118 Å². The van der Waals surface area contributed by atoms with Crippen molar-refractivity contribution in [2.45, 2.75) is 52.9 Å². The van der Waals surface area contributed by atoms with Crippen LogP contribution in [0.5, 0.6) is 0 Å². The van der Waals surface area contributed by atoms with Gasteiger partial charge < -0.3 is 0 Å². The van der Waals surface area contributed by atoms with Gasteiger partial charge in [0.1, 0.15) is 0 Å². The van der Waals surface area contributed by atoms with Crippen LogP contribution in [0.4, 0.5) is 0 Å². The highest BCUT2D eigenvalue weighted by atomic mass is 14.3. The van der Waals surface area contributed by atoms with Gasteiger partial charge in [0, 0.05) is 11.8 Å². The molecule has 0 saturated heterocycles. The maximum Gasteiger partial charge on any atom is 0.00637 e. The van der Waals surface area contributed by atoms with Crippen LogP contribution in [0.15, 0.2) is 47.6 Å². The average molecular weight is 254 g/mol. The first-order chi connectivity index (χ1) is 9.11. The standard InChI is InChI=1S/C19H26/c1-6-10-18-14(4)16-11-8-9-12-17(16)15(5)19(18)13(3)7-2/h6,8-15H,7H2,1-5H3. The molecule has 2 rings (SSSR count). The van der Waals surface area contributed by atoms with E-state index in [-0.39, 0.29) is 0 Å². The van der Waals surface area contributed by atoms with Crippen LogP contribution in [0.25, 0.3) is 0 Å². The van der Waals surface area contributed by atoms with E-state index < -0.39 is 0 Å². The first-order valence-corrected chi connectivity index (χ1v) is 7.57. The maximum absolute atomic E-state index is 2.37. The third-order valence-electron chi connectivity index (χ3n) is 4.68. The molecule has 0 saturated carbocycles. The molecule has 0 heteroatoms. The van der Waals surface area contributed by atoms with Crippen molar-refractivity contribution in [1.29, 1.82) is 0 Å². The summed E-state index contributed by atoms with van der Waals surface area (Å²) in [5, 5.41) is 0. The SMILES string of the molecule is CC=CC1=C(C(C)CC)C(C)c2ccccc2C1C. The van der Waals surface area contributed by atoms with E-state index in [1.807, 2.05) is 0 Å². The van der Waals surface area contributed by atoms with Crippen LogP contribution in [-0.2, 0) is 0 Å². The van der Waals surface area contributed by atoms with E-state index in [9.17, 15) is 0 Å². The predicted molar refractivity (Wildman–Crippen MR) is 84.6 cm³/mol. The molecule has 3 atom stereocenters. The zero-order valence-corrected chi connectivity index (χ0v) is 12.9. The summed E-state index contributed by atoms with van der Waals surface area (Å²) in [5.74, 6) is 1.73. The van der Waals surface area contributed by atoms with Crippen molar-refractivity contribution in [2.24, 2.45) is 5.92 Å². The first-order valence-electron chi connectivity index (χ1n) is 7.57. The Kier molecular flexibility index (Phi) is 4.29. The highest BCUT2D eigenvalue weighted by Crippen LogP contribution is 2.46. The molecule has 19 heavy (non-hydrogen) atoms. The summed E-state index contributed by atoms with van der Waals surface area (Å²) in [6.07, 6.45) is 5.74. The quantitative estimate of drug-likeness (QED) is 0.637. The van der Waals surface area contributed by atoms with Crippen LogP contribution >= 0.6 is 0 Å². The third kappa shape index (κ3) is 2.41. The van der Waals surface area contributed by atoms with Gasteiger partial charge >= 0.3 is 0 Å². The highest BCUT2D eigenvalue weighted by Gasteiger charge is 2.30. The lowest BCUT2D eigenvalue weighted by atomic mass is 9.70. The molecule has 3 unspecified atom stereocenters. The third-order valence-corrected chi connectivity index (χ3v) is 4.68. The van der Waals surface area contributed by atoms with E-state index in [0.29, 0.717) is 17.8 Å². The first kappa shape index (κ1) is 14.1. The molecule has 0 aliphatic heterocycles.